The predicted octanol–water partition coefficient (Wildman–Crippen LogP) is 5.52. The second-order valence-electron chi connectivity index (χ2n) is 6.47. The molecule has 4 nitrogen and oxygen atoms in total. The molecule has 0 spiro atoms. The molecule has 25 heavy (non-hydrogen) atoms. The minimum Gasteiger partial charge on any atom is -0.369 e. The third-order valence-corrected chi connectivity index (χ3v) is 5.63. The molecular weight excluding hydrogens is 334 g/mol. The fourth-order valence-corrected chi connectivity index (χ4v) is 3.28. The van der Waals surface area contributed by atoms with Crippen LogP contribution in [0, 0.1) is 0 Å². The summed E-state index contributed by atoms with van der Waals surface area (Å²) in [6.07, 6.45) is 23.4. The van der Waals surface area contributed by atoms with Crippen LogP contribution >= 0.6 is 0 Å². The summed E-state index contributed by atoms with van der Waals surface area (Å²) >= 11 is 0. The van der Waals surface area contributed by atoms with Crippen molar-refractivity contribution in [2.24, 2.45) is 4.36 Å². The monoisotopic (exact) mass is 369 g/mol. The van der Waals surface area contributed by atoms with E-state index in [-0.39, 0.29) is 5.75 Å². The highest BCUT2D eigenvalue weighted by atomic mass is 32.2. The van der Waals surface area contributed by atoms with Gasteiger partial charge in [0, 0.05) is 7.05 Å². The van der Waals surface area contributed by atoms with E-state index in [1.54, 1.807) is 0 Å². The number of hydrogen-bond acceptors (Lipinski definition) is 3. The molecule has 1 N–H and O–H groups in total. The molecule has 5 heteroatoms. The zero-order valence-corrected chi connectivity index (χ0v) is 16.6. The Morgan fingerprint density at radius 3 is 2.24 bits per heavy atom. The third kappa shape index (κ3) is 12.1. The summed E-state index contributed by atoms with van der Waals surface area (Å²) in [4.78, 5) is 0. The molecule has 144 valence electrons. The van der Waals surface area contributed by atoms with Gasteiger partial charge in [-0.1, -0.05) is 56.2 Å². The number of ether oxygens (including phenoxy) is 1. The van der Waals surface area contributed by atoms with Crippen LogP contribution in [0.15, 0.2) is 40.8 Å². The van der Waals surface area contributed by atoms with Crippen LogP contribution in [-0.4, -0.2) is 33.8 Å². The van der Waals surface area contributed by atoms with Crippen molar-refractivity contribution in [3.63, 3.8) is 0 Å². The van der Waals surface area contributed by atoms with Crippen molar-refractivity contribution in [3.05, 3.63) is 36.5 Å². The fourth-order valence-electron chi connectivity index (χ4n) is 2.55. The van der Waals surface area contributed by atoms with Crippen LogP contribution in [-0.2, 0) is 14.7 Å². The molecule has 1 aliphatic rings. The van der Waals surface area contributed by atoms with Crippen LogP contribution in [0.5, 0.6) is 0 Å². The van der Waals surface area contributed by atoms with Crippen molar-refractivity contribution >= 4 is 10.0 Å². The maximum Gasteiger partial charge on any atom is 0.160 e. The van der Waals surface area contributed by atoms with Crippen molar-refractivity contribution in [1.82, 2.24) is 0 Å². The SMILES string of the molecule is CCCCC/C=C\CC1OC1C/C=C\C/C=C\CCCS(=O)(O)=NC. The van der Waals surface area contributed by atoms with Gasteiger partial charge in [0.1, 0.15) is 0 Å². The lowest BCUT2D eigenvalue weighted by Crippen LogP contribution is -2.02. The Morgan fingerprint density at radius 2 is 1.56 bits per heavy atom. The van der Waals surface area contributed by atoms with Gasteiger partial charge in [-0.15, -0.1) is 0 Å². The number of epoxide rings is 1. The Bertz CT molecular complexity index is 545. The zero-order valence-electron chi connectivity index (χ0n) is 15.8. The molecular formula is C20H35NO3S. The van der Waals surface area contributed by atoms with Crippen LogP contribution in [0.3, 0.4) is 0 Å². The molecule has 0 radical (unpaired) electrons. The molecule has 1 rings (SSSR count). The van der Waals surface area contributed by atoms with Gasteiger partial charge in [0.2, 0.25) is 0 Å². The first-order valence-corrected chi connectivity index (χ1v) is 11.2. The molecule has 0 aromatic rings. The molecule has 0 amide bonds. The van der Waals surface area contributed by atoms with Crippen LogP contribution in [0.1, 0.15) is 64.7 Å². The standard InChI is InChI=1S/C20H35NO3S/c1-3-4-5-6-10-13-16-19-20(24-19)17-14-11-8-7-9-12-15-18-25(22,23)21-2/h7,9-11,13-14,19-20H,3-6,8,12,15-18H2,1-2H3,(H,21,22,23)/b9-7-,13-10-,14-11-. The summed E-state index contributed by atoms with van der Waals surface area (Å²) in [5.74, 6) is 0.247. The number of hydrogen-bond donors (Lipinski definition) is 1. The van der Waals surface area contributed by atoms with Crippen molar-refractivity contribution < 1.29 is 13.5 Å². The van der Waals surface area contributed by atoms with Gasteiger partial charge in [-0.2, -0.15) is 0 Å². The first-order valence-electron chi connectivity index (χ1n) is 9.55. The maximum absolute atomic E-state index is 11.3. The molecule has 1 heterocycles. The molecule has 0 bridgehead atoms. The van der Waals surface area contributed by atoms with E-state index in [9.17, 15) is 8.76 Å². The highest BCUT2D eigenvalue weighted by Crippen LogP contribution is 2.29. The number of nitrogens with zero attached hydrogens (tertiary/aromatic N) is 1. The summed E-state index contributed by atoms with van der Waals surface area (Å²) in [6, 6.07) is 0. The highest BCUT2D eigenvalue weighted by Gasteiger charge is 2.35. The number of allylic oxidation sites excluding steroid dienone is 4. The van der Waals surface area contributed by atoms with E-state index >= 15 is 0 Å². The maximum atomic E-state index is 11.3. The first kappa shape index (κ1) is 22.1. The normalized spacial score (nSPS) is 22.8. The Balaban J connectivity index is 1.97. The topological polar surface area (TPSA) is 62.2 Å². The van der Waals surface area contributed by atoms with Gasteiger partial charge >= 0.3 is 0 Å². The number of rotatable bonds is 14. The van der Waals surface area contributed by atoms with Crippen molar-refractivity contribution in [2.45, 2.75) is 76.9 Å². The van der Waals surface area contributed by atoms with Gasteiger partial charge < -0.3 is 9.29 Å². The smallest absolute Gasteiger partial charge is 0.160 e. The number of unbranched alkanes of at least 4 members (excludes halogenated alkanes) is 4. The van der Waals surface area contributed by atoms with Gasteiger partial charge in [0.05, 0.1) is 18.0 Å². The third-order valence-electron chi connectivity index (χ3n) is 4.24. The summed E-state index contributed by atoms with van der Waals surface area (Å²) in [6.45, 7) is 2.23. The fraction of sp³-hybridized carbons (Fsp3) is 0.700. The Morgan fingerprint density at radius 1 is 0.960 bits per heavy atom. The lowest BCUT2D eigenvalue weighted by molar-refractivity contribution is 0.372. The van der Waals surface area contributed by atoms with Crippen molar-refractivity contribution in [3.8, 4) is 0 Å². The van der Waals surface area contributed by atoms with Crippen molar-refractivity contribution in [1.29, 1.82) is 0 Å². The Labute approximate surface area is 154 Å². The Kier molecular flexibility index (Phi) is 11.8. The van der Waals surface area contributed by atoms with Crippen LogP contribution < -0.4 is 0 Å². The Hall–Kier alpha value is -0.910. The lowest BCUT2D eigenvalue weighted by atomic mass is 10.1. The van der Waals surface area contributed by atoms with Crippen LogP contribution in [0.25, 0.3) is 0 Å². The van der Waals surface area contributed by atoms with E-state index in [0.717, 1.165) is 25.7 Å². The predicted molar refractivity (Wildman–Crippen MR) is 107 cm³/mol. The minimum atomic E-state index is -2.93. The zero-order chi connectivity index (χ0) is 18.4. The minimum absolute atomic E-state index is 0.247. The van der Waals surface area contributed by atoms with Gasteiger partial charge in [-0.05, 0) is 44.9 Å². The van der Waals surface area contributed by atoms with Crippen LogP contribution in [0.2, 0.25) is 0 Å². The van der Waals surface area contributed by atoms with E-state index < -0.39 is 10.0 Å². The van der Waals surface area contributed by atoms with E-state index in [1.807, 2.05) is 0 Å². The molecule has 0 aromatic carbocycles. The van der Waals surface area contributed by atoms with Gasteiger partial charge in [0.25, 0.3) is 0 Å². The molecule has 1 saturated heterocycles. The average Bonchev–Trinajstić information content (AvgIpc) is 3.34. The molecule has 1 fully saturated rings. The average molecular weight is 370 g/mol. The lowest BCUT2D eigenvalue weighted by Gasteiger charge is -1.98. The molecule has 1 aliphatic heterocycles. The first-order chi connectivity index (χ1) is 12.1. The second kappa shape index (κ2) is 13.3. The van der Waals surface area contributed by atoms with Crippen LogP contribution in [0.4, 0.5) is 0 Å². The van der Waals surface area contributed by atoms with E-state index in [0.29, 0.717) is 18.6 Å². The van der Waals surface area contributed by atoms with Gasteiger partial charge in [-0.3, -0.25) is 0 Å². The summed E-state index contributed by atoms with van der Waals surface area (Å²) in [5, 5.41) is 0. The molecule has 0 aliphatic carbocycles. The summed E-state index contributed by atoms with van der Waals surface area (Å²) < 4.78 is 29.7. The van der Waals surface area contributed by atoms with Crippen molar-refractivity contribution in [2.75, 3.05) is 12.8 Å². The second-order valence-corrected chi connectivity index (χ2v) is 8.45. The largest absolute Gasteiger partial charge is 0.369 e. The van der Waals surface area contributed by atoms with Gasteiger partial charge in [-0.25, -0.2) is 8.57 Å². The van der Waals surface area contributed by atoms with E-state index in [4.69, 9.17) is 4.74 Å². The molecule has 0 saturated carbocycles. The molecule has 3 atom stereocenters. The molecule has 3 unspecified atom stereocenters. The van der Waals surface area contributed by atoms with E-state index in [1.165, 1.54) is 32.7 Å². The molecule has 0 aromatic heterocycles. The quantitative estimate of drug-likeness (QED) is 0.249. The summed E-state index contributed by atoms with van der Waals surface area (Å²) in [7, 11) is -1.54. The highest BCUT2D eigenvalue weighted by molar-refractivity contribution is 7.88. The summed E-state index contributed by atoms with van der Waals surface area (Å²) in [5.41, 5.74) is 0. The van der Waals surface area contributed by atoms with Gasteiger partial charge in [0.15, 0.2) is 10.0 Å². The van der Waals surface area contributed by atoms with E-state index in [2.05, 4.69) is 47.7 Å².